The fraction of sp³-hybridized carbons (Fsp3) is 0.211. The molecule has 1 aliphatic rings. The molecule has 0 aromatic heterocycles. The molecule has 1 fully saturated rings. The number of anilines is 2. The van der Waals surface area contributed by atoms with E-state index in [1.165, 1.54) is 0 Å². The van der Waals surface area contributed by atoms with Crippen LogP contribution in [0.15, 0.2) is 60.7 Å². The number of alkyl halides is 3. The predicted octanol–water partition coefficient (Wildman–Crippen LogP) is 4.48. The first-order valence-electron chi connectivity index (χ1n) is 7.91. The van der Waals surface area contributed by atoms with E-state index in [2.05, 4.69) is 5.32 Å². The van der Waals surface area contributed by atoms with Crippen molar-refractivity contribution in [3.63, 3.8) is 0 Å². The molecule has 2 aromatic rings. The van der Waals surface area contributed by atoms with Crippen LogP contribution in [0.5, 0.6) is 0 Å². The number of halogens is 3. The van der Waals surface area contributed by atoms with E-state index < -0.39 is 6.18 Å². The molecule has 130 valence electrons. The van der Waals surface area contributed by atoms with Gasteiger partial charge >= 0.3 is 6.18 Å². The third-order valence-electron chi connectivity index (χ3n) is 3.97. The number of nitrogens with zero attached hydrogens (tertiary/aromatic N) is 1. The van der Waals surface area contributed by atoms with E-state index in [1.54, 1.807) is 29.2 Å². The number of rotatable bonds is 4. The van der Waals surface area contributed by atoms with Crippen molar-refractivity contribution in [3.05, 3.63) is 66.2 Å². The van der Waals surface area contributed by atoms with Crippen molar-refractivity contribution in [1.29, 1.82) is 0 Å². The molecule has 0 radical (unpaired) electrons. The lowest BCUT2D eigenvalue weighted by molar-refractivity contribution is -0.117. The lowest BCUT2D eigenvalue weighted by Crippen LogP contribution is -2.33. The molecule has 1 atom stereocenters. The van der Waals surface area contributed by atoms with Gasteiger partial charge in [-0.1, -0.05) is 36.4 Å². The third kappa shape index (κ3) is 4.41. The van der Waals surface area contributed by atoms with Crippen LogP contribution in [0.3, 0.4) is 0 Å². The van der Waals surface area contributed by atoms with Crippen LogP contribution in [0.2, 0.25) is 0 Å². The molecule has 0 bridgehead atoms. The van der Waals surface area contributed by atoms with Gasteiger partial charge in [0.25, 0.3) is 0 Å². The number of carbonyl (C=O) groups is 1. The van der Waals surface area contributed by atoms with Crippen molar-refractivity contribution < 1.29 is 18.0 Å². The van der Waals surface area contributed by atoms with Gasteiger partial charge in [0.1, 0.15) is 6.04 Å². The first-order valence-corrected chi connectivity index (χ1v) is 7.91. The summed E-state index contributed by atoms with van der Waals surface area (Å²) in [6.45, 7) is 0.605. The number of allylic oxidation sites excluding steroid dienone is 1. The Morgan fingerprint density at radius 1 is 1.08 bits per heavy atom. The van der Waals surface area contributed by atoms with E-state index in [1.807, 2.05) is 30.3 Å². The zero-order chi connectivity index (χ0) is 17.9. The van der Waals surface area contributed by atoms with E-state index in [0.717, 1.165) is 11.8 Å². The minimum atomic E-state index is -4.35. The zero-order valence-corrected chi connectivity index (χ0v) is 13.3. The van der Waals surface area contributed by atoms with Crippen molar-refractivity contribution in [2.45, 2.75) is 18.6 Å². The molecule has 25 heavy (non-hydrogen) atoms. The predicted molar refractivity (Wildman–Crippen MR) is 92.4 cm³/mol. The second kappa shape index (κ2) is 7.01. The van der Waals surface area contributed by atoms with Gasteiger partial charge in [-0.3, -0.25) is 4.79 Å². The first-order chi connectivity index (χ1) is 11.9. The van der Waals surface area contributed by atoms with Crippen LogP contribution in [0.4, 0.5) is 24.5 Å². The van der Waals surface area contributed by atoms with Crippen molar-refractivity contribution >= 4 is 23.4 Å². The average Bonchev–Trinajstić information content (AvgIpc) is 2.94. The zero-order valence-electron chi connectivity index (χ0n) is 13.3. The normalized spacial score (nSPS) is 18.1. The highest BCUT2D eigenvalue weighted by Crippen LogP contribution is 2.24. The highest BCUT2D eigenvalue weighted by Gasteiger charge is 2.32. The molecule has 2 aromatic carbocycles. The van der Waals surface area contributed by atoms with Gasteiger partial charge < -0.3 is 10.2 Å². The van der Waals surface area contributed by atoms with Crippen LogP contribution < -0.4 is 10.2 Å². The SMILES string of the molecule is O=C1C(Nc2cccc(/C=C/C(F)(F)F)c2)CCN1c1ccccc1. The van der Waals surface area contributed by atoms with Gasteiger partial charge in [0.2, 0.25) is 5.91 Å². The maximum atomic E-state index is 12.6. The summed E-state index contributed by atoms with van der Waals surface area (Å²) in [5.74, 6) is -0.0394. The minimum absolute atomic E-state index is 0.0394. The van der Waals surface area contributed by atoms with Crippen LogP contribution >= 0.6 is 0 Å². The summed E-state index contributed by atoms with van der Waals surface area (Å²) in [4.78, 5) is 14.3. The maximum absolute atomic E-state index is 12.6. The molecule has 1 N–H and O–H groups in total. The van der Waals surface area contributed by atoms with E-state index in [-0.39, 0.29) is 18.0 Å². The van der Waals surface area contributed by atoms with Gasteiger partial charge in [-0.2, -0.15) is 13.2 Å². The van der Waals surface area contributed by atoms with Crippen molar-refractivity contribution in [2.24, 2.45) is 0 Å². The maximum Gasteiger partial charge on any atom is 0.409 e. The fourth-order valence-electron chi connectivity index (χ4n) is 2.80. The summed E-state index contributed by atoms with van der Waals surface area (Å²) in [7, 11) is 0. The first kappa shape index (κ1) is 17.1. The van der Waals surface area contributed by atoms with Gasteiger partial charge in [0.05, 0.1) is 0 Å². The van der Waals surface area contributed by atoms with Crippen LogP contribution in [0, 0.1) is 0 Å². The van der Waals surface area contributed by atoms with E-state index in [4.69, 9.17) is 0 Å². The van der Waals surface area contributed by atoms with Gasteiger partial charge in [-0.25, -0.2) is 0 Å². The number of hydrogen-bond acceptors (Lipinski definition) is 2. The van der Waals surface area contributed by atoms with Crippen molar-refractivity contribution in [1.82, 2.24) is 0 Å². The number of nitrogens with one attached hydrogen (secondary N) is 1. The van der Waals surface area contributed by atoms with Gasteiger partial charge in [0.15, 0.2) is 0 Å². The molecule has 0 saturated carbocycles. The topological polar surface area (TPSA) is 32.3 Å². The Kier molecular flexibility index (Phi) is 4.79. The Morgan fingerprint density at radius 3 is 2.56 bits per heavy atom. The van der Waals surface area contributed by atoms with Crippen molar-refractivity contribution in [2.75, 3.05) is 16.8 Å². The summed E-state index contributed by atoms with van der Waals surface area (Å²) in [5, 5.41) is 3.12. The summed E-state index contributed by atoms with van der Waals surface area (Å²) in [5.41, 5.74) is 1.89. The quantitative estimate of drug-likeness (QED) is 0.885. The Hall–Kier alpha value is -2.76. The molecule has 1 aliphatic heterocycles. The van der Waals surface area contributed by atoms with Gasteiger partial charge in [0, 0.05) is 24.0 Å². The number of hydrogen-bond donors (Lipinski definition) is 1. The van der Waals surface area contributed by atoms with E-state index in [9.17, 15) is 18.0 Å². The van der Waals surface area contributed by atoms with Crippen molar-refractivity contribution in [3.8, 4) is 0 Å². The molecule has 1 heterocycles. The second-order valence-corrected chi connectivity index (χ2v) is 5.81. The molecule has 0 spiro atoms. The fourth-order valence-corrected chi connectivity index (χ4v) is 2.80. The Labute approximate surface area is 143 Å². The van der Waals surface area contributed by atoms with Crippen LogP contribution in [-0.2, 0) is 4.79 Å². The average molecular weight is 346 g/mol. The number of benzene rings is 2. The number of carbonyl (C=O) groups excluding carboxylic acids is 1. The van der Waals surface area contributed by atoms with Crippen LogP contribution in [-0.4, -0.2) is 24.7 Å². The molecule has 1 unspecified atom stereocenters. The molecular formula is C19H17F3N2O. The molecule has 6 heteroatoms. The molecule has 1 amide bonds. The van der Waals surface area contributed by atoms with Gasteiger partial charge in [-0.05, 0) is 36.2 Å². The van der Waals surface area contributed by atoms with E-state index >= 15 is 0 Å². The Balaban J connectivity index is 1.69. The van der Waals surface area contributed by atoms with Crippen LogP contribution in [0.25, 0.3) is 6.08 Å². The standard InChI is InChI=1S/C19H17F3N2O/c20-19(21,22)11-9-14-5-4-6-15(13-14)23-17-10-12-24(18(17)25)16-7-2-1-3-8-16/h1-9,11,13,17,23H,10,12H2/b11-9+. The molecular weight excluding hydrogens is 329 g/mol. The Bertz CT molecular complexity index is 772. The highest BCUT2D eigenvalue weighted by atomic mass is 19.4. The molecule has 3 nitrogen and oxygen atoms in total. The summed E-state index contributed by atoms with van der Waals surface area (Å²) in [6, 6.07) is 15.6. The molecule has 3 rings (SSSR count). The third-order valence-corrected chi connectivity index (χ3v) is 3.97. The molecule has 0 aliphatic carbocycles. The summed E-state index contributed by atoms with van der Waals surface area (Å²) >= 11 is 0. The summed E-state index contributed by atoms with van der Waals surface area (Å²) < 4.78 is 36.8. The lowest BCUT2D eigenvalue weighted by Gasteiger charge is -2.17. The lowest BCUT2D eigenvalue weighted by atomic mass is 10.1. The number of para-hydroxylation sites is 1. The highest BCUT2D eigenvalue weighted by molar-refractivity contribution is 6.01. The largest absolute Gasteiger partial charge is 0.409 e. The minimum Gasteiger partial charge on any atom is -0.374 e. The molecule has 1 saturated heterocycles. The van der Waals surface area contributed by atoms with E-state index in [0.29, 0.717) is 24.2 Å². The number of amides is 1. The Morgan fingerprint density at radius 2 is 1.84 bits per heavy atom. The van der Waals surface area contributed by atoms with Crippen LogP contribution in [0.1, 0.15) is 12.0 Å². The van der Waals surface area contributed by atoms with Gasteiger partial charge in [-0.15, -0.1) is 0 Å². The summed E-state index contributed by atoms with van der Waals surface area (Å²) in [6.07, 6.45) is -2.50. The second-order valence-electron chi connectivity index (χ2n) is 5.81. The monoisotopic (exact) mass is 346 g/mol. The smallest absolute Gasteiger partial charge is 0.374 e.